The van der Waals surface area contributed by atoms with Gasteiger partial charge in [0.2, 0.25) is 5.91 Å². The van der Waals surface area contributed by atoms with E-state index in [1.54, 1.807) is 4.90 Å². The molecule has 0 spiro atoms. The lowest BCUT2D eigenvalue weighted by Crippen LogP contribution is -2.39. The van der Waals surface area contributed by atoms with Crippen molar-refractivity contribution in [2.75, 3.05) is 31.1 Å². The van der Waals surface area contributed by atoms with Crippen LogP contribution in [0.15, 0.2) is 36.4 Å². The number of amides is 1. The van der Waals surface area contributed by atoms with Gasteiger partial charge in [-0.05, 0) is 43.3 Å². The maximum absolute atomic E-state index is 13.3. The standard InChI is InChI=1S/C22H25Cl2N3OS/c1-4-26(5-2)12-13-27(19(28)14-16-8-6-7-9-17(16)23)22-25-20-15(3)10-11-18(24)21(20)29-22/h6-11H,4-5,12-14H2,1-3H3. The highest BCUT2D eigenvalue weighted by atomic mass is 35.5. The topological polar surface area (TPSA) is 36.4 Å². The maximum atomic E-state index is 13.3. The smallest absolute Gasteiger partial charge is 0.233 e. The molecule has 0 radical (unpaired) electrons. The minimum absolute atomic E-state index is 0.0157. The van der Waals surface area contributed by atoms with Crippen molar-refractivity contribution < 1.29 is 4.79 Å². The van der Waals surface area contributed by atoms with Crippen molar-refractivity contribution in [1.29, 1.82) is 0 Å². The summed E-state index contributed by atoms with van der Waals surface area (Å²) in [6.45, 7) is 9.49. The van der Waals surface area contributed by atoms with Gasteiger partial charge in [0.05, 0.1) is 21.7 Å². The number of nitrogens with zero attached hydrogens (tertiary/aromatic N) is 3. The first-order chi connectivity index (χ1) is 13.9. The largest absolute Gasteiger partial charge is 0.302 e. The number of benzene rings is 2. The molecule has 0 aliphatic heterocycles. The van der Waals surface area contributed by atoms with Crippen molar-refractivity contribution in [2.24, 2.45) is 0 Å². The number of hydrogen-bond acceptors (Lipinski definition) is 4. The van der Waals surface area contributed by atoms with Gasteiger partial charge in [-0.3, -0.25) is 9.69 Å². The molecule has 0 bridgehead atoms. The predicted molar refractivity (Wildman–Crippen MR) is 125 cm³/mol. The molecule has 0 fully saturated rings. The fourth-order valence-corrected chi connectivity index (χ4v) is 4.78. The molecule has 1 heterocycles. The zero-order chi connectivity index (χ0) is 21.0. The van der Waals surface area contributed by atoms with E-state index in [2.05, 4.69) is 18.7 Å². The number of carbonyl (C=O) groups is 1. The van der Waals surface area contributed by atoms with Gasteiger partial charge in [0.15, 0.2) is 5.13 Å². The SMILES string of the molecule is CCN(CC)CCN(C(=O)Cc1ccccc1Cl)c1nc2c(C)ccc(Cl)c2s1. The number of fused-ring (bicyclic) bond motifs is 1. The number of anilines is 1. The Morgan fingerprint density at radius 3 is 2.41 bits per heavy atom. The number of hydrogen-bond donors (Lipinski definition) is 0. The van der Waals surface area contributed by atoms with Gasteiger partial charge in [-0.2, -0.15) is 0 Å². The zero-order valence-electron chi connectivity index (χ0n) is 16.9. The lowest BCUT2D eigenvalue weighted by Gasteiger charge is -2.25. The molecule has 0 aliphatic rings. The number of thiazole rings is 1. The fraction of sp³-hybridized carbons (Fsp3) is 0.364. The minimum atomic E-state index is -0.0157. The van der Waals surface area contributed by atoms with Crippen molar-refractivity contribution in [1.82, 2.24) is 9.88 Å². The van der Waals surface area contributed by atoms with Crippen LogP contribution in [-0.2, 0) is 11.2 Å². The predicted octanol–water partition coefficient (Wildman–Crippen LogP) is 5.83. The van der Waals surface area contributed by atoms with Crippen molar-refractivity contribution in [3.63, 3.8) is 0 Å². The number of aromatic nitrogens is 1. The Hall–Kier alpha value is -1.66. The molecule has 3 rings (SSSR count). The zero-order valence-corrected chi connectivity index (χ0v) is 19.2. The van der Waals surface area contributed by atoms with Gasteiger partial charge >= 0.3 is 0 Å². The molecule has 0 unspecified atom stereocenters. The maximum Gasteiger partial charge on any atom is 0.233 e. The van der Waals surface area contributed by atoms with Gasteiger partial charge in [0, 0.05) is 18.1 Å². The van der Waals surface area contributed by atoms with Crippen LogP contribution < -0.4 is 4.90 Å². The quantitative estimate of drug-likeness (QED) is 0.433. The van der Waals surface area contributed by atoms with Crippen molar-refractivity contribution in [3.8, 4) is 0 Å². The average Bonchev–Trinajstić information content (AvgIpc) is 3.16. The Morgan fingerprint density at radius 2 is 1.76 bits per heavy atom. The summed E-state index contributed by atoms with van der Waals surface area (Å²) in [6.07, 6.45) is 0.237. The molecule has 2 aromatic carbocycles. The second kappa shape index (κ2) is 9.90. The first kappa shape index (κ1) is 22.0. The highest BCUT2D eigenvalue weighted by molar-refractivity contribution is 7.23. The summed E-state index contributed by atoms with van der Waals surface area (Å²) in [5.74, 6) is -0.0157. The van der Waals surface area contributed by atoms with Gasteiger partial charge in [-0.15, -0.1) is 0 Å². The molecular formula is C22H25Cl2N3OS. The second-order valence-corrected chi connectivity index (χ2v) is 8.67. The number of rotatable bonds is 8. The summed E-state index contributed by atoms with van der Waals surface area (Å²) >= 11 is 14.1. The molecule has 0 saturated heterocycles. The number of halogens is 2. The second-order valence-electron chi connectivity index (χ2n) is 6.88. The molecule has 3 aromatic rings. The summed E-state index contributed by atoms with van der Waals surface area (Å²) in [5, 5.41) is 1.95. The van der Waals surface area contributed by atoms with Gasteiger partial charge in [-0.25, -0.2) is 4.98 Å². The third-order valence-electron chi connectivity index (χ3n) is 5.05. The molecular weight excluding hydrogens is 425 g/mol. The Morgan fingerprint density at radius 1 is 1.03 bits per heavy atom. The first-order valence-corrected chi connectivity index (χ1v) is 11.3. The van der Waals surface area contributed by atoms with Gasteiger partial charge in [0.1, 0.15) is 0 Å². The van der Waals surface area contributed by atoms with Crippen LogP contribution in [0.4, 0.5) is 5.13 Å². The molecule has 4 nitrogen and oxygen atoms in total. The highest BCUT2D eigenvalue weighted by Crippen LogP contribution is 2.36. The van der Waals surface area contributed by atoms with E-state index in [9.17, 15) is 4.79 Å². The molecule has 0 N–H and O–H groups in total. The lowest BCUT2D eigenvalue weighted by atomic mass is 10.1. The molecule has 29 heavy (non-hydrogen) atoms. The Balaban J connectivity index is 1.94. The van der Waals surface area contributed by atoms with E-state index in [1.165, 1.54) is 11.3 Å². The van der Waals surface area contributed by atoms with E-state index in [0.29, 0.717) is 21.7 Å². The van der Waals surface area contributed by atoms with Crippen LogP contribution in [0.1, 0.15) is 25.0 Å². The van der Waals surface area contributed by atoms with E-state index < -0.39 is 0 Å². The monoisotopic (exact) mass is 449 g/mol. The molecule has 0 aliphatic carbocycles. The Labute approximate surface area is 186 Å². The third kappa shape index (κ3) is 5.10. The van der Waals surface area contributed by atoms with Crippen LogP contribution in [0.5, 0.6) is 0 Å². The fourth-order valence-electron chi connectivity index (χ4n) is 3.21. The summed E-state index contributed by atoms with van der Waals surface area (Å²) in [4.78, 5) is 22.1. The van der Waals surface area contributed by atoms with Crippen molar-refractivity contribution >= 4 is 55.8 Å². The molecule has 1 amide bonds. The van der Waals surface area contributed by atoms with E-state index in [-0.39, 0.29) is 12.3 Å². The first-order valence-electron chi connectivity index (χ1n) is 9.76. The van der Waals surface area contributed by atoms with Gasteiger partial charge in [0.25, 0.3) is 0 Å². The van der Waals surface area contributed by atoms with Crippen molar-refractivity contribution in [3.05, 3.63) is 57.6 Å². The number of carbonyl (C=O) groups excluding carboxylic acids is 1. The summed E-state index contributed by atoms with van der Waals surface area (Å²) < 4.78 is 0.917. The van der Waals surface area contributed by atoms with E-state index >= 15 is 0 Å². The van der Waals surface area contributed by atoms with Gasteiger partial charge in [-0.1, -0.05) is 72.7 Å². The van der Waals surface area contributed by atoms with Crippen LogP contribution in [0.25, 0.3) is 10.2 Å². The van der Waals surface area contributed by atoms with Crippen LogP contribution >= 0.6 is 34.5 Å². The Kier molecular flexibility index (Phi) is 7.52. The third-order valence-corrected chi connectivity index (χ3v) is 6.96. The minimum Gasteiger partial charge on any atom is -0.302 e. The number of aryl methyl sites for hydroxylation is 1. The Bertz CT molecular complexity index is 962. The number of likely N-dealkylation sites (N-methyl/N-ethyl adjacent to an activating group) is 1. The van der Waals surface area contributed by atoms with Crippen LogP contribution in [0.2, 0.25) is 10.0 Å². The molecule has 1 aromatic heterocycles. The summed E-state index contributed by atoms with van der Waals surface area (Å²) in [7, 11) is 0. The van der Waals surface area contributed by atoms with E-state index in [4.69, 9.17) is 28.2 Å². The molecule has 154 valence electrons. The average molecular weight is 450 g/mol. The van der Waals surface area contributed by atoms with Crippen LogP contribution in [0.3, 0.4) is 0 Å². The molecule has 7 heteroatoms. The molecule has 0 saturated carbocycles. The lowest BCUT2D eigenvalue weighted by molar-refractivity contribution is -0.118. The normalized spacial score (nSPS) is 11.4. The summed E-state index contributed by atoms with van der Waals surface area (Å²) in [6, 6.07) is 11.3. The van der Waals surface area contributed by atoms with Gasteiger partial charge < -0.3 is 4.90 Å². The molecule has 0 atom stereocenters. The van der Waals surface area contributed by atoms with E-state index in [0.717, 1.165) is 41.0 Å². The summed E-state index contributed by atoms with van der Waals surface area (Å²) in [5.41, 5.74) is 2.73. The highest BCUT2D eigenvalue weighted by Gasteiger charge is 2.22. The van der Waals surface area contributed by atoms with Crippen LogP contribution in [-0.4, -0.2) is 42.0 Å². The van der Waals surface area contributed by atoms with Crippen molar-refractivity contribution in [2.45, 2.75) is 27.2 Å². The van der Waals surface area contributed by atoms with Crippen LogP contribution in [0, 0.1) is 6.92 Å². The van der Waals surface area contributed by atoms with E-state index in [1.807, 2.05) is 43.3 Å².